The minimum Gasteiger partial charge on any atom is -0.444 e. The molecule has 0 heterocycles. The molecule has 0 aromatic rings. The maximum absolute atomic E-state index is 11.2. The van der Waals surface area contributed by atoms with E-state index in [4.69, 9.17) is 4.74 Å². The van der Waals surface area contributed by atoms with E-state index in [1.54, 1.807) is 27.7 Å². The van der Waals surface area contributed by atoms with Crippen LogP contribution in [0.5, 0.6) is 0 Å². The van der Waals surface area contributed by atoms with Crippen molar-refractivity contribution in [2.45, 2.75) is 45.9 Å². The highest BCUT2D eigenvalue weighted by Crippen LogP contribution is 2.07. The Hall–Kier alpha value is -1.26. The Bertz CT molecular complexity index is 197. The van der Waals surface area contributed by atoms with E-state index in [2.05, 4.69) is 10.1 Å². The molecule has 0 saturated heterocycles. The largest absolute Gasteiger partial charge is 0.444 e. The maximum atomic E-state index is 11.2. The summed E-state index contributed by atoms with van der Waals surface area (Å²) >= 11 is 0. The molecule has 0 saturated carbocycles. The first-order valence-electron chi connectivity index (χ1n) is 4.47. The highest BCUT2D eigenvalue weighted by Gasteiger charge is 2.18. The monoisotopic (exact) mass is 203 g/mol. The van der Waals surface area contributed by atoms with Gasteiger partial charge in [-0.15, -0.1) is 0 Å². The fraction of sp³-hybridized carbons (Fsp3) is 0.778. The lowest BCUT2D eigenvalue weighted by Crippen LogP contribution is -2.40. The van der Waals surface area contributed by atoms with E-state index in [1.807, 2.05) is 0 Å². The van der Waals surface area contributed by atoms with Gasteiger partial charge in [0.1, 0.15) is 5.60 Å². The predicted octanol–water partition coefficient (Wildman–Crippen LogP) is 1.42. The second-order valence-corrected chi connectivity index (χ2v) is 3.78. The van der Waals surface area contributed by atoms with Crippen LogP contribution >= 0.6 is 0 Å². The average Bonchev–Trinajstić information content (AvgIpc) is 2.00. The van der Waals surface area contributed by atoms with Crippen LogP contribution in [0.25, 0.3) is 0 Å². The molecule has 0 radical (unpaired) electrons. The highest BCUT2D eigenvalue weighted by molar-refractivity contribution is 5.68. The van der Waals surface area contributed by atoms with E-state index in [0.717, 1.165) is 0 Å². The molecule has 0 aliphatic rings. The van der Waals surface area contributed by atoms with Gasteiger partial charge < -0.3 is 9.47 Å². The molecule has 1 N–H and O–H groups in total. The molecular formula is C9H17NO4. The minimum absolute atomic E-state index is 0.297. The van der Waals surface area contributed by atoms with Gasteiger partial charge in [0.05, 0.1) is 0 Å². The van der Waals surface area contributed by atoms with Crippen molar-refractivity contribution in [1.82, 2.24) is 5.32 Å². The number of hydrogen-bond donors (Lipinski definition) is 1. The lowest BCUT2D eigenvalue weighted by molar-refractivity contribution is -0.134. The van der Waals surface area contributed by atoms with Crippen molar-refractivity contribution in [1.29, 1.82) is 0 Å². The van der Waals surface area contributed by atoms with Crippen molar-refractivity contribution < 1.29 is 19.1 Å². The fourth-order valence-corrected chi connectivity index (χ4v) is 0.738. The van der Waals surface area contributed by atoms with Gasteiger partial charge in [-0.3, -0.25) is 10.1 Å². The van der Waals surface area contributed by atoms with Crippen molar-refractivity contribution in [2.24, 2.45) is 0 Å². The van der Waals surface area contributed by atoms with Gasteiger partial charge >= 0.3 is 6.09 Å². The molecule has 1 atom stereocenters. The molecule has 0 aromatic carbocycles. The first-order valence-corrected chi connectivity index (χ1v) is 4.47. The summed E-state index contributed by atoms with van der Waals surface area (Å²) in [4.78, 5) is 21.2. The summed E-state index contributed by atoms with van der Waals surface area (Å²) < 4.78 is 9.55. The molecular weight excluding hydrogens is 186 g/mol. The molecule has 5 nitrogen and oxygen atoms in total. The highest BCUT2D eigenvalue weighted by atomic mass is 16.6. The quantitative estimate of drug-likeness (QED) is 0.554. The number of ether oxygens (including phenoxy) is 2. The third kappa shape index (κ3) is 6.28. The first-order chi connectivity index (χ1) is 6.39. The number of rotatable bonds is 4. The number of carbonyl (C=O) groups is 2. The van der Waals surface area contributed by atoms with E-state index >= 15 is 0 Å². The van der Waals surface area contributed by atoms with Crippen LogP contribution in [0.1, 0.15) is 34.1 Å². The Kier molecular flexibility index (Phi) is 4.97. The lowest BCUT2D eigenvalue weighted by atomic mass is 10.2. The van der Waals surface area contributed by atoms with E-state index in [9.17, 15) is 9.59 Å². The maximum Gasteiger partial charge on any atom is 0.410 e. The smallest absolute Gasteiger partial charge is 0.410 e. The molecule has 0 spiro atoms. The molecule has 14 heavy (non-hydrogen) atoms. The average molecular weight is 203 g/mol. The van der Waals surface area contributed by atoms with Crippen molar-refractivity contribution in [3.8, 4) is 0 Å². The SMILES string of the molecule is CCC(NC(=O)OC(C)(C)C)OC=O. The number of alkyl carbamates (subject to hydrolysis) is 1. The fourth-order valence-electron chi connectivity index (χ4n) is 0.738. The summed E-state index contributed by atoms with van der Waals surface area (Å²) in [6.45, 7) is 7.35. The zero-order valence-electron chi connectivity index (χ0n) is 8.99. The second kappa shape index (κ2) is 5.47. The summed E-state index contributed by atoms with van der Waals surface area (Å²) in [5.74, 6) is 0. The van der Waals surface area contributed by atoms with Crippen molar-refractivity contribution >= 4 is 12.6 Å². The van der Waals surface area contributed by atoms with Crippen molar-refractivity contribution in [2.75, 3.05) is 0 Å². The molecule has 5 heteroatoms. The Morgan fingerprint density at radius 3 is 2.43 bits per heavy atom. The van der Waals surface area contributed by atoms with Crippen molar-refractivity contribution in [3.05, 3.63) is 0 Å². The van der Waals surface area contributed by atoms with E-state index in [0.29, 0.717) is 12.9 Å². The molecule has 0 bridgehead atoms. The topological polar surface area (TPSA) is 64.6 Å². The zero-order chi connectivity index (χ0) is 11.2. The Morgan fingerprint density at radius 1 is 1.50 bits per heavy atom. The van der Waals surface area contributed by atoms with Gasteiger partial charge in [-0.2, -0.15) is 0 Å². The molecule has 0 fully saturated rings. The van der Waals surface area contributed by atoms with Crippen LogP contribution in [0.3, 0.4) is 0 Å². The lowest BCUT2D eigenvalue weighted by Gasteiger charge is -2.22. The van der Waals surface area contributed by atoms with Crippen molar-refractivity contribution in [3.63, 3.8) is 0 Å². The third-order valence-electron chi connectivity index (χ3n) is 1.27. The normalized spacial score (nSPS) is 12.9. The summed E-state index contributed by atoms with van der Waals surface area (Å²) in [5, 5.41) is 2.41. The Balaban J connectivity index is 3.96. The summed E-state index contributed by atoms with van der Waals surface area (Å²) in [7, 11) is 0. The van der Waals surface area contributed by atoms with Gasteiger partial charge in [0.2, 0.25) is 0 Å². The second-order valence-electron chi connectivity index (χ2n) is 3.78. The van der Waals surface area contributed by atoms with E-state index in [1.165, 1.54) is 0 Å². The Morgan fingerprint density at radius 2 is 2.07 bits per heavy atom. The first kappa shape index (κ1) is 12.7. The zero-order valence-corrected chi connectivity index (χ0v) is 8.99. The standard InChI is InChI=1S/C9H17NO4/c1-5-7(13-6-11)10-8(12)14-9(2,3)4/h6-7H,5H2,1-4H3,(H,10,12). The van der Waals surface area contributed by atoms with Crippen LogP contribution in [-0.2, 0) is 14.3 Å². The summed E-state index contributed by atoms with van der Waals surface area (Å²) in [5.41, 5.74) is -0.552. The third-order valence-corrected chi connectivity index (χ3v) is 1.27. The van der Waals surface area contributed by atoms with Gasteiger partial charge in [0.15, 0.2) is 6.23 Å². The minimum atomic E-state index is -0.623. The van der Waals surface area contributed by atoms with E-state index < -0.39 is 17.9 Å². The number of hydrogen-bond acceptors (Lipinski definition) is 4. The molecule has 1 amide bonds. The number of carbonyl (C=O) groups excluding carboxylic acids is 2. The van der Waals surface area contributed by atoms with E-state index in [-0.39, 0.29) is 0 Å². The van der Waals surface area contributed by atoms with Crippen LogP contribution in [-0.4, -0.2) is 24.4 Å². The van der Waals surface area contributed by atoms with Crippen LogP contribution in [0.15, 0.2) is 0 Å². The Labute approximate surface area is 83.8 Å². The molecule has 1 unspecified atom stereocenters. The van der Waals surface area contributed by atoms with Gasteiger partial charge in [-0.05, 0) is 20.8 Å². The molecule has 82 valence electrons. The number of amides is 1. The van der Waals surface area contributed by atoms with Gasteiger partial charge in [-0.25, -0.2) is 4.79 Å². The van der Waals surface area contributed by atoms with Crippen LogP contribution in [0.2, 0.25) is 0 Å². The predicted molar refractivity (Wildman–Crippen MR) is 50.6 cm³/mol. The van der Waals surface area contributed by atoms with Gasteiger partial charge in [-0.1, -0.05) is 6.92 Å². The van der Waals surface area contributed by atoms with Crippen LogP contribution in [0, 0.1) is 0 Å². The van der Waals surface area contributed by atoms with Gasteiger partial charge in [0, 0.05) is 6.42 Å². The molecule has 0 aromatic heterocycles. The molecule has 0 aliphatic heterocycles. The van der Waals surface area contributed by atoms with Crippen LogP contribution in [0.4, 0.5) is 4.79 Å². The number of nitrogens with one attached hydrogen (secondary N) is 1. The molecule has 0 aliphatic carbocycles. The summed E-state index contributed by atoms with van der Waals surface area (Å²) in [6, 6.07) is 0. The van der Waals surface area contributed by atoms with Crippen LogP contribution < -0.4 is 5.32 Å². The summed E-state index contributed by atoms with van der Waals surface area (Å²) in [6.07, 6.45) is -0.716. The van der Waals surface area contributed by atoms with Gasteiger partial charge in [0.25, 0.3) is 6.47 Å². The molecule has 0 rings (SSSR count).